The molecule has 0 spiro atoms. The van der Waals surface area contributed by atoms with Crippen LogP contribution in [0.15, 0.2) is 77.8 Å². The molecular weight excluding hydrogens is 446 g/mol. The number of benzene rings is 3. The minimum atomic E-state index is -0.581. The van der Waals surface area contributed by atoms with Crippen molar-refractivity contribution in [1.29, 1.82) is 0 Å². The van der Waals surface area contributed by atoms with E-state index in [-0.39, 0.29) is 11.8 Å². The summed E-state index contributed by atoms with van der Waals surface area (Å²) in [6.07, 6.45) is 1.76. The predicted octanol–water partition coefficient (Wildman–Crippen LogP) is 6.51. The summed E-state index contributed by atoms with van der Waals surface area (Å²) in [5, 5.41) is 6.46. The number of benzodiazepines with no additional fused rings is 1. The first-order chi connectivity index (χ1) is 16.5. The topological polar surface area (TPSA) is 70.6 Å². The van der Waals surface area contributed by atoms with E-state index in [0.29, 0.717) is 29.3 Å². The minimum Gasteiger partial charge on any atom is -0.326 e. The van der Waals surface area contributed by atoms with Crippen molar-refractivity contribution in [2.45, 2.75) is 46.1 Å². The SMILES string of the molecule is CC.CCCC(=O)Nc1ccc(C2=NC(Cc3ccccc3)C(=O)Nc3ccc(Cl)cc32)cc1. The standard InChI is InChI=1S/C26H24ClN3O2.C2H6/c1-2-6-24(31)28-20-12-9-18(10-13-20)25-21-16-19(27)11-14-22(21)30-26(32)23(29-25)15-17-7-4-3-5-8-17;1-2/h3-5,7-14,16,23H,2,6,15H2,1H3,(H,28,31)(H,30,32);1-2H3. The lowest BCUT2D eigenvalue weighted by atomic mass is 10.00. The molecule has 0 aromatic heterocycles. The molecule has 5 nitrogen and oxygen atoms in total. The highest BCUT2D eigenvalue weighted by atomic mass is 35.5. The van der Waals surface area contributed by atoms with Crippen LogP contribution in [0.25, 0.3) is 0 Å². The molecule has 1 atom stereocenters. The fourth-order valence-electron chi connectivity index (χ4n) is 3.69. The predicted molar refractivity (Wildman–Crippen MR) is 141 cm³/mol. The van der Waals surface area contributed by atoms with Gasteiger partial charge in [0, 0.05) is 34.7 Å². The van der Waals surface area contributed by atoms with Gasteiger partial charge >= 0.3 is 0 Å². The minimum absolute atomic E-state index is 0.0121. The maximum Gasteiger partial charge on any atom is 0.249 e. The number of rotatable bonds is 6. The normalized spacial score (nSPS) is 14.5. The van der Waals surface area contributed by atoms with Gasteiger partial charge in [-0.1, -0.05) is 74.8 Å². The van der Waals surface area contributed by atoms with E-state index in [2.05, 4.69) is 10.6 Å². The van der Waals surface area contributed by atoms with Crippen LogP contribution in [0.2, 0.25) is 5.02 Å². The van der Waals surface area contributed by atoms with Gasteiger partial charge in [0.1, 0.15) is 6.04 Å². The monoisotopic (exact) mass is 475 g/mol. The fraction of sp³-hybridized carbons (Fsp3) is 0.250. The molecule has 0 saturated carbocycles. The maximum absolute atomic E-state index is 13.0. The molecule has 0 bridgehead atoms. The maximum atomic E-state index is 13.0. The van der Waals surface area contributed by atoms with E-state index in [1.807, 2.05) is 81.4 Å². The summed E-state index contributed by atoms with van der Waals surface area (Å²) < 4.78 is 0. The molecule has 3 aromatic rings. The number of hydrogen-bond donors (Lipinski definition) is 2. The van der Waals surface area contributed by atoms with Crippen LogP contribution in [0.4, 0.5) is 11.4 Å². The molecule has 0 fully saturated rings. The van der Waals surface area contributed by atoms with E-state index in [1.165, 1.54) is 0 Å². The van der Waals surface area contributed by atoms with Gasteiger partial charge in [-0.3, -0.25) is 14.6 Å². The highest BCUT2D eigenvalue weighted by Gasteiger charge is 2.26. The van der Waals surface area contributed by atoms with Crippen LogP contribution < -0.4 is 10.6 Å². The molecule has 2 amide bonds. The smallest absolute Gasteiger partial charge is 0.249 e. The molecule has 2 N–H and O–H groups in total. The van der Waals surface area contributed by atoms with Crippen molar-refractivity contribution in [1.82, 2.24) is 0 Å². The van der Waals surface area contributed by atoms with Gasteiger partial charge in [-0.15, -0.1) is 0 Å². The third kappa shape index (κ3) is 6.33. The van der Waals surface area contributed by atoms with Crippen LogP contribution in [0.3, 0.4) is 0 Å². The van der Waals surface area contributed by atoms with E-state index in [1.54, 1.807) is 12.1 Å². The Balaban J connectivity index is 0.00000158. The molecule has 176 valence electrons. The third-order valence-corrected chi connectivity index (χ3v) is 5.51. The second-order valence-electron chi connectivity index (χ2n) is 7.74. The number of hydrogen-bond acceptors (Lipinski definition) is 3. The van der Waals surface area contributed by atoms with Crippen molar-refractivity contribution in [3.8, 4) is 0 Å². The zero-order valence-corrected chi connectivity index (χ0v) is 20.5. The molecule has 34 heavy (non-hydrogen) atoms. The molecule has 0 saturated heterocycles. The second kappa shape index (κ2) is 12.1. The summed E-state index contributed by atoms with van der Waals surface area (Å²) in [5.74, 6) is -0.169. The van der Waals surface area contributed by atoms with Gasteiger partial charge in [-0.05, 0) is 42.3 Å². The molecule has 0 aliphatic carbocycles. The first-order valence-electron chi connectivity index (χ1n) is 11.7. The number of amides is 2. The van der Waals surface area contributed by atoms with Crippen molar-refractivity contribution < 1.29 is 9.59 Å². The summed E-state index contributed by atoms with van der Waals surface area (Å²) in [5.41, 5.74) is 4.74. The number of fused-ring (bicyclic) bond motifs is 1. The van der Waals surface area contributed by atoms with Crippen LogP contribution in [0, 0.1) is 0 Å². The Morgan fingerprint density at radius 2 is 1.74 bits per heavy atom. The highest BCUT2D eigenvalue weighted by molar-refractivity contribution is 6.32. The van der Waals surface area contributed by atoms with Crippen LogP contribution in [-0.2, 0) is 16.0 Å². The molecule has 1 unspecified atom stereocenters. The fourth-order valence-corrected chi connectivity index (χ4v) is 3.86. The Morgan fingerprint density at radius 1 is 1.03 bits per heavy atom. The summed E-state index contributed by atoms with van der Waals surface area (Å²) in [6, 6.07) is 22.1. The van der Waals surface area contributed by atoms with E-state index >= 15 is 0 Å². The molecule has 3 aromatic carbocycles. The van der Waals surface area contributed by atoms with Crippen molar-refractivity contribution in [3.63, 3.8) is 0 Å². The van der Waals surface area contributed by atoms with Gasteiger partial charge in [0.25, 0.3) is 0 Å². The number of nitrogens with zero attached hydrogens (tertiary/aromatic N) is 1. The van der Waals surface area contributed by atoms with Gasteiger partial charge in [-0.2, -0.15) is 0 Å². The first kappa shape index (κ1) is 25.2. The second-order valence-corrected chi connectivity index (χ2v) is 8.17. The van der Waals surface area contributed by atoms with E-state index in [0.717, 1.165) is 28.8 Å². The molecule has 1 aliphatic heterocycles. The van der Waals surface area contributed by atoms with Gasteiger partial charge in [-0.25, -0.2) is 0 Å². The van der Waals surface area contributed by atoms with Crippen molar-refractivity contribution in [2.24, 2.45) is 4.99 Å². The summed E-state index contributed by atoms with van der Waals surface area (Å²) in [6.45, 7) is 5.97. The van der Waals surface area contributed by atoms with E-state index in [9.17, 15) is 9.59 Å². The van der Waals surface area contributed by atoms with Gasteiger partial charge < -0.3 is 10.6 Å². The average molecular weight is 476 g/mol. The lowest BCUT2D eigenvalue weighted by molar-refractivity contribution is -0.117. The Bertz CT molecular complexity index is 1160. The van der Waals surface area contributed by atoms with Gasteiger partial charge in [0.2, 0.25) is 11.8 Å². The number of carbonyl (C=O) groups is 2. The Hall–Kier alpha value is -3.44. The summed E-state index contributed by atoms with van der Waals surface area (Å²) >= 11 is 6.28. The Labute approximate surface area is 206 Å². The summed E-state index contributed by atoms with van der Waals surface area (Å²) in [4.78, 5) is 29.8. The van der Waals surface area contributed by atoms with E-state index in [4.69, 9.17) is 16.6 Å². The average Bonchev–Trinajstić information content (AvgIpc) is 2.98. The number of halogens is 1. The molecule has 1 heterocycles. The lowest BCUT2D eigenvalue weighted by Gasteiger charge is -2.12. The largest absolute Gasteiger partial charge is 0.326 e. The molecule has 0 radical (unpaired) electrons. The van der Waals surface area contributed by atoms with Crippen molar-refractivity contribution in [2.75, 3.05) is 10.6 Å². The Morgan fingerprint density at radius 3 is 2.41 bits per heavy atom. The third-order valence-electron chi connectivity index (χ3n) is 5.27. The van der Waals surface area contributed by atoms with Crippen LogP contribution in [0.5, 0.6) is 0 Å². The zero-order valence-electron chi connectivity index (χ0n) is 19.8. The number of nitrogens with one attached hydrogen (secondary N) is 2. The van der Waals surface area contributed by atoms with Crippen molar-refractivity contribution >= 4 is 40.5 Å². The zero-order chi connectivity index (χ0) is 24.5. The van der Waals surface area contributed by atoms with Crippen LogP contribution in [0.1, 0.15) is 50.3 Å². The molecule has 4 rings (SSSR count). The molecule has 6 heteroatoms. The number of anilines is 2. The van der Waals surface area contributed by atoms with Crippen LogP contribution in [-0.4, -0.2) is 23.6 Å². The van der Waals surface area contributed by atoms with Gasteiger partial charge in [0.15, 0.2) is 0 Å². The number of aliphatic imine (C=N–C) groups is 1. The van der Waals surface area contributed by atoms with Gasteiger partial charge in [0.05, 0.1) is 11.4 Å². The quantitative estimate of drug-likeness (QED) is 0.426. The van der Waals surface area contributed by atoms with Crippen LogP contribution >= 0.6 is 11.6 Å². The Kier molecular flexibility index (Phi) is 9.00. The molecular formula is C28H30ClN3O2. The molecule has 1 aliphatic rings. The highest BCUT2D eigenvalue weighted by Crippen LogP contribution is 2.28. The lowest BCUT2D eigenvalue weighted by Crippen LogP contribution is -2.27. The number of carbonyl (C=O) groups excluding carboxylic acids is 2. The van der Waals surface area contributed by atoms with Crippen molar-refractivity contribution in [3.05, 3.63) is 94.5 Å². The summed E-state index contributed by atoms with van der Waals surface area (Å²) in [7, 11) is 0. The first-order valence-corrected chi connectivity index (χ1v) is 12.0. The van der Waals surface area contributed by atoms with E-state index < -0.39 is 6.04 Å².